The number of rotatable bonds is 12. The first-order valence-corrected chi connectivity index (χ1v) is 12.5. The van der Waals surface area contributed by atoms with E-state index in [4.69, 9.17) is 4.74 Å². The molecule has 0 saturated carbocycles. The number of alkyl carbamates (subject to hydrolysis) is 1. The first kappa shape index (κ1) is 29.5. The molecule has 34 heavy (non-hydrogen) atoms. The first-order valence-electron chi connectivity index (χ1n) is 12.5. The van der Waals surface area contributed by atoms with Crippen molar-refractivity contribution in [2.45, 2.75) is 105 Å². The maximum absolute atomic E-state index is 13.4. The topological polar surface area (TPSA) is 87.7 Å². The van der Waals surface area contributed by atoms with Crippen molar-refractivity contribution in [3.63, 3.8) is 0 Å². The number of carbonyl (C=O) groups is 3. The van der Waals surface area contributed by atoms with Crippen molar-refractivity contribution in [1.82, 2.24) is 15.5 Å². The minimum Gasteiger partial charge on any atom is -0.444 e. The van der Waals surface area contributed by atoms with Gasteiger partial charge in [-0.25, -0.2) is 4.79 Å². The summed E-state index contributed by atoms with van der Waals surface area (Å²) in [7, 11) is 0. The molecule has 0 aliphatic carbocycles. The van der Waals surface area contributed by atoms with Crippen molar-refractivity contribution in [2.24, 2.45) is 0 Å². The number of benzene rings is 1. The smallest absolute Gasteiger partial charge is 0.408 e. The predicted octanol–water partition coefficient (Wildman–Crippen LogP) is 5.19. The molecule has 3 amide bonds. The minimum absolute atomic E-state index is 0.0667. The van der Waals surface area contributed by atoms with Crippen molar-refractivity contribution in [1.29, 1.82) is 0 Å². The average Bonchev–Trinajstić information content (AvgIpc) is 2.71. The van der Waals surface area contributed by atoms with Gasteiger partial charge in [0.1, 0.15) is 18.2 Å². The van der Waals surface area contributed by atoms with E-state index >= 15 is 0 Å². The average molecular weight is 476 g/mol. The molecule has 2 N–H and O–H groups in total. The van der Waals surface area contributed by atoms with Gasteiger partial charge in [0.25, 0.3) is 0 Å². The summed E-state index contributed by atoms with van der Waals surface area (Å²) in [6, 6.07) is 5.01. The van der Waals surface area contributed by atoms with Crippen LogP contribution in [-0.4, -0.2) is 47.5 Å². The van der Waals surface area contributed by atoms with E-state index in [0.717, 1.165) is 48.8 Å². The maximum Gasteiger partial charge on any atom is 0.408 e. The third-order valence-electron chi connectivity index (χ3n) is 5.44. The van der Waals surface area contributed by atoms with E-state index in [-0.39, 0.29) is 24.4 Å². The van der Waals surface area contributed by atoms with E-state index in [1.807, 2.05) is 45.9 Å². The molecule has 0 radical (unpaired) electrons. The number of amides is 3. The molecule has 1 aromatic carbocycles. The zero-order chi connectivity index (χ0) is 25.9. The van der Waals surface area contributed by atoms with E-state index in [0.29, 0.717) is 6.54 Å². The van der Waals surface area contributed by atoms with E-state index in [9.17, 15) is 14.4 Å². The minimum atomic E-state index is -0.777. The SMILES string of the molecule is CCCCCCCN(C(=O)CNC(=O)OC(C)(C)C)C(C(=O)NC(C)C)c1ccc(C)c(C)c1. The highest BCUT2D eigenvalue weighted by atomic mass is 16.6. The van der Waals surface area contributed by atoms with Crippen molar-refractivity contribution in [2.75, 3.05) is 13.1 Å². The van der Waals surface area contributed by atoms with Crippen LogP contribution in [0.5, 0.6) is 0 Å². The van der Waals surface area contributed by atoms with Crippen LogP contribution in [0.1, 0.15) is 96.4 Å². The van der Waals surface area contributed by atoms with E-state index in [1.165, 1.54) is 0 Å². The molecule has 0 bridgehead atoms. The molecule has 0 saturated heterocycles. The Morgan fingerprint density at radius 1 is 1.00 bits per heavy atom. The van der Waals surface area contributed by atoms with Crippen LogP contribution in [0.15, 0.2) is 18.2 Å². The molecule has 0 aliphatic heterocycles. The summed E-state index contributed by atoms with van der Waals surface area (Å²) in [5.41, 5.74) is 2.28. The van der Waals surface area contributed by atoms with E-state index in [2.05, 4.69) is 17.6 Å². The molecular formula is C27H45N3O4. The Morgan fingerprint density at radius 2 is 1.65 bits per heavy atom. The zero-order valence-corrected chi connectivity index (χ0v) is 22.4. The van der Waals surface area contributed by atoms with Gasteiger partial charge in [0, 0.05) is 12.6 Å². The Hall–Kier alpha value is -2.57. The molecule has 1 atom stereocenters. The Balaban J connectivity index is 3.20. The third kappa shape index (κ3) is 10.6. The van der Waals surface area contributed by atoms with Crippen molar-refractivity contribution in [3.05, 3.63) is 34.9 Å². The van der Waals surface area contributed by atoms with Crippen LogP contribution in [0, 0.1) is 13.8 Å². The van der Waals surface area contributed by atoms with Gasteiger partial charge in [0.05, 0.1) is 0 Å². The van der Waals surface area contributed by atoms with Crippen LogP contribution in [0.2, 0.25) is 0 Å². The van der Waals surface area contributed by atoms with Crippen LogP contribution >= 0.6 is 0 Å². The van der Waals surface area contributed by atoms with E-state index < -0.39 is 17.7 Å². The zero-order valence-electron chi connectivity index (χ0n) is 22.4. The second-order valence-electron chi connectivity index (χ2n) is 10.3. The highest BCUT2D eigenvalue weighted by Crippen LogP contribution is 2.25. The van der Waals surface area contributed by atoms with Crippen LogP contribution in [-0.2, 0) is 14.3 Å². The number of nitrogens with zero attached hydrogens (tertiary/aromatic N) is 1. The molecule has 0 fully saturated rings. The number of nitrogens with one attached hydrogen (secondary N) is 2. The number of ether oxygens (including phenoxy) is 1. The molecule has 7 nitrogen and oxygen atoms in total. The molecule has 1 aromatic rings. The Labute approximate surface area is 206 Å². The van der Waals surface area contributed by atoms with Crippen LogP contribution < -0.4 is 10.6 Å². The second kappa shape index (κ2) is 14.0. The lowest BCUT2D eigenvalue weighted by atomic mass is 9.98. The molecule has 7 heteroatoms. The summed E-state index contributed by atoms with van der Waals surface area (Å²) in [4.78, 5) is 40.4. The van der Waals surface area contributed by atoms with Gasteiger partial charge in [-0.05, 0) is 71.6 Å². The fraction of sp³-hybridized carbons (Fsp3) is 0.667. The summed E-state index contributed by atoms with van der Waals surface area (Å²) in [5, 5.41) is 5.53. The summed E-state index contributed by atoms with van der Waals surface area (Å²) < 4.78 is 5.27. The monoisotopic (exact) mass is 475 g/mol. The van der Waals surface area contributed by atoms with Gasteiger partial charge in [-0.1, -0.05) is 50.8 Å². The third-order valence-corrected chi connectivity index (χ3v) is 5.44. The number of hydrogen-bond acceptors (Lipinski definition) is 4. The van der Waals surface area contributed by atoms with Gasteiger partial charge in [-0.3, -0.25) is 9.59 Å². The number of hydrogen-bond donors (Lipinski definition) is 2. The van der Waals surface area contributed by atoms with E-state index in [1.54, 1.807) is 25.7 Å². The molecule has 0 aliphatic rings. The summed E-state index contributed by atoms with van der Waals surface area (Å²) >= 11 is 0. The summed E-state index contributed by atoms with van der Waals surface area (Å²) in [6.45, 7) is 15.5. The van der Waals surface area contributed by atoms with Gasteiger partial charge in [-0.15, -0.1) is 0 Å². The highest BCUT2D eigenvalue weighted by molar-refractivity contribution is 5.90. The van der Waals surface area contributed by atoms with Crippen molar-refractivity contribution < 1.29 is 19.1 Å². The number of unbranched alkanes of at least 4 members (excludes halogenated alkanes) is 4. The molecule has 1 rings (SSSR count). The Bertz CT molecular complexity index is 815. The van der Waals surface area contributed by atoms with Gasteiger partial charge < -0.3 is 20.3 Å². The molecule has 0 aromatic heterocycles. The highest BCUT2D eigenvalue weighted by Gasteiger charge is 2.32. The molecule has 1 unspecified atom stereocenters. The van der Waals surface area contributed by atoms with Crippen LogP contribution in [0.4, 0.5) is 4.79 Å². The number of carbonyl (C=O) groups excluding carboxylic acids is 3. The lowest BCUT2D eigenvalue weighted by Crippen LogP contribution is -2.49. The van der Waals surface area contributed by atoms with Crippen molar-refractivity contribution in [3.8, 4) is 0 Å². The lowest BCUT2D eigenvalue weighted by Gasteiger charge is -2.32. The molecular weight excluding hydrogens is 430 g/mol. The van der Waals surface area contributed by atoms with Gasteiger partial charge in [0.2, 0.25) is 11.8 Å². The summed E-state index contributed by atoms with van der Waals surface area (Å²) in [6.07, 6.45) is 4.46. The fourth-order valence-corrected chi connectivity index (χ4v) is 3.62. The second-order valence-corrected chi connectivity index (χ2v) is 10.3. The van der Waals surface area contributed by atoms with Gasteiger partial charge >= 0.3 is 6.09 Å². The quantitative estimate of drug-likeness (QED) is 0.407. The van der Waals surface area contributed by atoms with Crippen LogP contribution in [0.3, 0.4) is 0 Å². The van der Waals surface area contributed by atoms with Crippen LogP contribution in [0.25, 0.3) is 0 Å². The molecule has 0 heterocycles. The fourth-order valence-electron chi connectivity index (χ4n) is 3.62. The summed E-state index contributed by atoms with van der Waals surface area (Å²) in [5.74, 6) is -0.541. The van der Waals surface area contributed by atoms with Crippen molar-refractivity contribution >= 4 is 17.9 Å². The normalized spacial score (nSPS) is 12.3. The standard InChI is InChI=1S/C27H45N3O4/c1-9-10-11-12-13-16-30(23(31)18-28-26(33)34-27(6,7)8)24(25(32)29-19(2)3)22-15-14-20(4)21(5)17-22/h14-15,17,19,24H,9-13,16,18H2,1-8H3,(H,28,33)(H,29,32). The molecule has 0 spiro atoms. The maximum atomic E-state index is 13.4. The number of aryl methyl sites for hydroxylation is 2. The lowest BCUT2D eigenvalue weighted by molar-refractivity contribution is -0.140. The predicted molar refractivity (Wildman–Crippen MR) is 137 cm³/mol. The largest absolute Gasteiger partial charge is 0.444 e. The Morgan fingerprint density at radius 3 is 2.21 bits per heavy atom. The van der Waals surface area contributed by atoms with Gasteiger partial charge in [-0.2, -0.15) is 0 Å². The van der Waals surface area contributed by atoms with Gasteiger partial charge in [0.15, 0.2) is 0 Å². The molecule has 192 valence electrons. The Kier molecular flexibility index (Phi) is 12.1. The first-order chi connectivity index (χ1) is 15.9.